The Hall–Kier alpha value is -3.08. The van der Waals surface area contributed by atoms with Crippen molar-refractivity contribution in [1.29, 1.82) is 0 Å². The summed E-state index contributed by atoms with van der Waals surface area (Å²) in [5, 5.41) is 10.7. The van der Waals surface area contributed by atoms with E-state index >= 15 is 0 Å². The molecule has 0 unspecified atom stereocenters. The second-order valence-corrected chi connectivity index (χ2v) is 8.63. The number of hydrogen-bond acceptors (Lipinski definition) is 5. The van der Waals surface area contributed by atoms with Gasteiger partial charge in [-0.15, -0.1) is 0 Å². The van der Waals surface area contributed by atoms with Crippen LogP contribution < -0.4 is 4.74 Å². The Bertz CT molecular complexity index is 985. The number of phenols is 1. The molecule has 1 N–H and O–H groups in total. The van der Waals surface area contributed by atoms with E-state index in [9.17, 15) is 14.7 Å². The van der Waals surface area contributed by atoms with Crippen LogP contribution in [0.5, 0.6) is 11.5 Å². The zero-order valence-corrected chi connectivity index (χ0v) is 19.1. The number of cyclic esters (lactones) is 1. The van der Waals surface area contributed by atoms with Gasteiger partial charge in [-0.3, -0.25) is 4.79 Å². The van der Waals surface area contributed by atoms with E-state index in [4.69, 9.17) is 9.47 Å². The second-order valence-electron chi connectivity index (χ2n) is 8.63. The van der Waals surface area contributed by atoms with E-state index in [0.29, 0.717) is 50.0 Å². The van der Waals surface area contributed by atoms with Gasteiger partial charge in [0.05, 0.1) is 6.10 Å². The molecule has 5 nitrogen and oxygen atoms in total. The molecule has 170 valence electrons. The number of hydrogen-bond donors (Lipinski definition) is 1. The minimum Gasteiger partial charge on any atom is -0.507 e. The largest absolute Gasteiger partial charge is 0.507 e. The number of carbonyl (C=O) groups is 2. The molecule has 0 radical (unpaired) electrons. The van der Waals surface area contributed by atoms with Crippen molar-refractivity contribution in [2.45, 2.75) is 72.0 Å². The molecule has 0 saturated carbocycles. The third kappa shape index (κ3) is 6.71. The van der Waals surface area contributed by atoms with Crippen LogP contribution in [-0.2, 0) is 16.1 Å². The SMILES string of the molecule is Cc1cc(C)cc(COc2cc(O)c3c(c2)/C=C/CCCC(=O)CCC[C@@H](C)OC3=O)c1. The Morgan fingerprint density at radius 2 is 1.75 bits per heavy atom. The van der Waals surface area contributed by atoms with Crippen molar-refractivity contribution in [3.8, 4) is 11.5 Å². The number of allylic oxidation sites excluding steroid dienone is 1. The quantitative estimate of drug-likeness (QED) is 0.591. The number of rotatable bonds is 3. The first-order chi connectivity index (χ1) is 15.3. The number of ether oxygens (including phenoxy) is 2. The number of ketones is 1. The maximum atomic E-state index is 12.8. The van der Waals surface area contributed by atoms with Crippen LogP contribution in [0.3, 0.4) is 0 Å². The monoisotopic (exact) mass is 436 g/mol. The van der Waals surface area contributed by atoms with E-state index < -0.39 is 5.97 Å². The van der Waals surface area contributed by atoms with Gasteiger partial charge in [-0.05, 0) is 63.6 Å². The summed E-state index contributed by atoms with van der Waals surface area (Å²) >= 11 is 0. The normalized spacial score (nSPS) is 18.9. The molecule has 0 fully saturated rings. The first kappa shape index (κ1) is 23.6. The molecule has 1 aliphatic heterocycles. The van der Waals surface area contributed by atoms with E-state index in [0.717, 1.165) is 23.1 Å². The molecular weight excluding hydrogens is 404 g/mol. The molecule has 1 atom stereocenters. The third-order valence-electron chi connectivity index (χ3n) is 5.51. The summed E-state index contributed by atoms with van der Waals surface area (Å²) in [4.78, 5) is 24.8. The molecule has 1 aliphatic rings. The van der Waals surface area contributed by atoms with Gasteiger partial charge < -0.3 is 14.6 Å². The number of fused-ring (bicyclic) bond motifs is 1. The van der Waals surface area contributed by atoms with Gasteiger partial charge in [-0.1, -0.05) is 41.5 Å². The maximum absolute atomic E-state index is 12.8. The third-order valence-corrected chi connectivity index (χ3v) is 5.51. The van der Waals surface area contributed by atoms with Gasteiger partial charge >= 0.3 is 5.97 Å². The number of aromatic hydroxyl groups is 1. The minimum atomic E-state index is -0.570. The molecule has 32 heavy (non-hydrogen) atoms. The van der Waals surface area contributed by atoms with Crippen molar-refractivity contribution < 1.29 is 24.2 Å². The molecule has 3 rings (SSSR count). The van der Waals surface area contributed by atoms with E-state index in [-0.39, 0.29) is 23.2 Å². The van der Waals surface area contributed by atoms with Crippen LogP contribution in [0.4, 0.5) is 0 Å². The van der Waals surface area contributed by atoms with Crippen molar-refractivity contribution in [3.05, 3.63) is 64.2 Å². The number of Topliss-reactive ketones (excluding diaryl/α,β-unsaturated/α-hetero) is 1. The van der Waals surface area contributed by atoms with Crippen LogP contribution in [0, 0.1) is 13.8 Å². The van der Waals surface area contributed by atoms with E-state index in [2.05, 4.69) is 18.2 Å². The van der Waals surface area contributed by atoms with Gasteiger partial charge in [0.1, 0.15) is 29.5 Å². The Morgan fingerprint density at radius 1 is 1.03 bits per heavy atom. The predicted octanol–water partition coefficient (Wildman–Crippen LogP) is 6.07. The average molecular weight is 437 g/mol. The molecule has 2 aromatic rings. The Balaban J connectivity index is 1.86. The molecule has 0 spiro atoms. The first-order valence-electron chi connectivity index (χ1n) is 11.3. The summed E-state index contributed by atoms with van der Waals surface area (Å²) in [6.45, 7) is 6.24. The first-order valence-corrected chi connectivity index (χ1v) is 11.3. The molecule has 2 aromatic carbocycles. The lowest BCUT2D eigenvalue weighted by Crippen LogP contribution is -2.17. The Kier molecular flexibility index (Phi) is 8.09. The Morgan fingerprint density at radius 3 is 2.50 bits per heavy atom. The Labute approximate surface area is 190 Å². The van der Waals surface area contributed by atoms with Crippen LogP contribution in [0.15, 0.2) is 36.4 Å². The van der Waals surface area contributed by atoms with Gasteiger partial charge in [0.2, 0.25) is 0 Å². The van der Waals surface area contributed by atoms with Gasteiger partial charge in [0.25, 0.3) is 0 Å². The lowest BCUT2D eigenvalue weighted by atomic mass is 10.0. The fourth-order valence-corrected chi connectivity index (χ4v) is 4.02. The van der Waals surface area contributed by atoms with E-state index in [1.807, 2.05) is 26.8 Å². The van der Waals surface area contributed by atoms with Crippen molar-refractivity contribution >= 4 is 17.8 Å². The predicted molar refractivity (Wildman–Crippen MR) is 125 cm³/mol. The van der Waals surface area contributed by atoms with Crippen molar-refractivity contribution in [3.63, 3.8) is 0 Å². The summed E-state index contributed by atoms with van der Waals surface area (Å²) in [6, 6.07) is 9.44. The van der Waals surface area contributed by atoms with E-state index in [1.165, 1.54) is 6.07 Å². The molecular formula is C27H32O5. The number of esters is 1. The standard InChI is InChI=1S/C27H32O5/c1-18-12-19(2)14-21(13-18)17-31-24-15-22-9-5-4-6-10-23(28)11-7-8-20(3)32-27(30)26(22)25(29)16-24/h5,9,12-16,20,29H,4,6-8,10-11,17H2,1-3H3/b9-5+/t20-/m1/s1. The highest BCUT2D eigenvalue weighted by Gasteiger charge is 2.21. The number of aryl methyl sites for hydroxylation is 2. The summed E-state index contributed by atoms with van der Waals surface area (Å²) in [5.41, 5.74) is 4.04. The molecule has 5 heteroatoms. The zero-order chi connectivity index (χ0) is 23.1. The van der Waals surface area contributed by atoms with Crippen molar-refractivity contribution in [1.82, 2.24) is 0 Å². The smallest absolute Gasteiger partial charge is 0.342 e. The fourth-order valence-electron chi connectivity index (χ4n) is 4.02. The fraction of sp³-hybridized carbons (Fsp3) is 0.407. The van der Waals surface area contributed by atoms with Crippen molar-refractivity contribution in [2.75, 3.05) is 0 Å². The van der Waals surface area contributed by atoms with Crippen LogP contribution >= 0.6 is 0 Å². The van der Waals surface area contributed by atoms with Gasteiger partial charge in [0.15, 0.2) is 0 Å². The summed E-state index contributed by atoms with van der Waals surface area (Å²) < 4.78 is 11.5. The summed E-state index contributed by atoms with van der Waals surface area (Å²) in [7, 11) is 0. The molecule has 0 bridgehead atoms. The van der Waals surface area contributed by atoms with Gasteiger partial charge in [0, 0.05) is 18.9 Å². The maximum Gasteiger partial charge on any atom is 0.342 e. The summed E-state index contributed by atoms with van der Waals surface area (Å²) in [5.74, 6) is -0.0164. The zero-order valence-electron chi connectivity index (χ0n) is 19.1. The van der Waals surface area contributed by atoms with Crippen molar-refractivity contribution in [2.24, 2.45) is 0 Å². The van der Waals surface area contributed by atoms with Crippen LogP contribution in [0.1, 0.15) is 78.1 Å². The molecule has 0 amide bonds. The molecule has 0 saturated heterocycles. The minimum absolute atomic E-state index is 0.139. The molecule has 0 aromatic heterocycles. The molecule has 0 aliphatic carbocycles. The van der Waals surface area contributed by atoms with Crippen LogP contribution in [0.2, 0.25) is 0 Å². The number of carbonyl (C=O) groups excluding carboxylic acids is 2. The molecule has 1 heterocycles. The lowest BCUT2D eigenvalue weighted by molar-refractivity contribution is -0.119. The number of phenolic OH excluding ortho intramolecular Hbond substituents is 1. The topological polar surface area (TPSA) is 72.8 Å². The van der Waals surface area contributed by atoms with Gasteiger partial charge in [-0.25, -0.2) is 4.79 Å². The van der Waals surface area contributed by atoms with Gasteiger partial charge in [-0.2, -0.15) is 0 Å². The van der Waals surface area contributed by atoms with Crippen LogP contribution in [0.25, 0.3) is 6.08 Å². The highest BCUT2D eigenvalue weighted by atomic mass is 16.5. The summed E-state index contributed by atoms with van der Waals surface area (Å²) in [6.07, 6.45) is 7.21. The van der Waals surface area contributed by atoms with E-state index in [1.54, 1.807) is 12.1 Å². The lowest BCUT2D eigenvalue weighted by Gasteiger charge is -2.17. The second kappa shape index (κ2) is 11.0. The van der Waals surface area contributed by atoms with Crippen LogP contribution in [-0.4, -0.2) is 23.0 Å². The number of benzene rings is 2. The highest BCUT2D eigenvalue weighted by Crippen LogP contribution is 2.31. The highest BCUT2D eigenvalue weighted by molar-refractivity contribution is 5.97. The average Bonchev–Trinajstić information content (AvgIpc) is 2.70.